The fraction of sp³-hybridized carbons (Fsp3) is 0.612. The highest BCUT2D eigenvalue weighted by molar-refractivity contribution is 7.09. The number of carbonyl (C=O) groups is 4. The maximum Gasteiger partial charge on any atom is 0.245 e. The first-order valence-electron chi connectivity index (χ1n) is 22.4. The van der Waals surface area contributed by atoms with Gasteiger partial charge in [0.25, 0.3) is 0 Å². The third-order valence-electron chi connectivity index (χ3n) is 12.8. The molecular weight excluding hydrogens is 801 g/mol. The van der Waals surface area contributed by atoms with Gasteiger partial charge in [-0.2, -0.15) is 0 Å². The third-order valence-corrected chi connectivity index (χ3v) is 13.6. The molecular formula is C49H73N6O6S. The van der Waals surface area contributed by atoms with Crippen molar-refractivity contribution < 1.29 is 28.7 Å². The molecule has 2 N–H and O–H groups in total. The van der Waals surface area contributed by atoms with Crippen molar-refractivity contribution in [2.24, 2.45) is 23.7 Å². The van der Waals surface area contributed by atoms with Gasteiger partial charge in [-0.3, -0.25) is 24.1 Å². The molecule has 1 saturated heterocycles. The summed E-state index contributed by atoms with van der Waals surface area (Å²) in [6, 6.07) is 18.6. The van der Waals surface area contributed by atoms with Gasteiger partial charge in [0.2, 0.25) is 23.6 Å². The fourth-order valence-electron chi connectivity index (χ4n) is 9.08. The fourth-order valence-corrected chi connectivity index (χ4v) is 9.77. The number of hydrogen-bond acceptors (Lipinski definition) is 9. The van der Waals surface area contributed by atoms with Gasteiger partial charge in [0.15, 0.2) is 0 Å². The van der Waals surface area contributed by atoms with Gasteiger partial charge in [0.1, 0.15) is 11.0 Å². The van der Waals surface area contributed by atoms with Crippen LogP contribution >= 0.6 is 11.3 Å². The number of rotatable bonds is 24. The summed E-state index contributed by atoms with van der Waals surface area (Å²) in [5.41, 5.74) is 2.26. The molecule has 1 aromatic heterocycles. The summed E-state index contributed by atoms with van der Waals surface area (Å²) in [4.78, 5) is 67.2. The predicted molar refractivity (Wildman–Crippen MR) is 246 cm³/mol. The first-order valence-corrected chi connectivity index (χ1v) is 23.3. The molecule has 13 heteroatoms. The van der Waals surface area contributed by atoms with E-state index in [2.05, 4.69) is 40.4 Å². The first-order chi connectivity index (χ1) is 29.6. The molecule has 341 valence electrons. The second-order valence-corrected chi connectivity index (χ2v) is 18.7. The van der Waals surface area contributed by atoms with Crippen molar-refractivity contribution in [3.63, 3.8) is 0 Å². The Morgan fingerprint density at radius 3 is 2.19 bits per heavy atom. The van der Waals surface area contributed by atoms with Crippen molar-refractivity contribution in [1.82, 2.24) is 30.3 Å². The maximum absolute atomic E-state index is 14.6. The van der Waals surface area contributed by atoms with Crippen LogP contribution in [0.5, 0.6) is 0 Å². The first kappa shape index (κ1) is 50.5. The lowest BCUT2D eigenvalue weighted by Gasteiger charge is -2.41. The minimum absolute atomic E-state index is 0.00562. The molecule has 4 amide bonds. The van der Waals surface area contributed by atoms with Gasteiger partial charge in [-0.05, 0) is 67.7 Å². The van der Waals surface area contributed by atoms with Crippen LogP contribution in [-0.4, -0.2) is 121 Å². The monoisotopic (exact) mass is 874 g/mol. The second kappa shape index (κ2) is 24.6. The molecule has 9 atom stereocenters. The van der Waals surface area contributed by atoms with Gasteiger partial charge < -0.3 is 29.9 Å². The third kappa shape index (κ3) is 13.4. The van der Waals surface area contributed by atoms with E-state index < -0.39 is 36.3 Å². The number of nitrogens with one attached hydrogen (secondary N) is 2. The number of ether oxygens (including phenoxy) is 2. The second-order valence-electron chi connectivity index (χ2n) is 17.8. The molecule has 4 rings (SSSR count). The largest absolute Gasteiger partial charge is 0.379 e. The van der Waals surface area contributed by atoms with Gasteiger partial charge in [-0.15, -0.1) is 11.3 Å². The number of nitrogens with zero attached hydrogens (tertiary/aromatic N) is 4. The summed E-state index contributed by atoms with van der Waals surface area (Å²) in [5, 5.41) is 9.13. The average molecular weight is 874 g/mol. The van der Waals surface area contributed by atoms with Crippen LogP contribution in [0, 0.1) is 29.7 Å². The average Bonchev–Trinajstić information content (AvgIpc) is 3.99. The molecule has 0 unspecified atom stereocenters. The Morgan fingerprint density at radius 2 is 1.61 bits per heavy atom. The Hall–Kier alpha value is -4.17. The highest BCUT2D eigenvalue weighted by atomic mass is 32.1. The van der Waals surface area contributed by atoms with E-state index in [1.165, 1.54) is 16.9 Å². The Kier molecular flexibility index (Phi) is 20.0. The molecule has 0 aliphatic carbocycles. The van der Waals surface area contributed by atoms with Crippen LogP contribution < -0.4 is 10.6 Å². The van der Waals surface area contributed by atoms with Gasteiger partial charge >= 0.3 is 0 Å². The molecule has 0 spiro atoms. The van der Waals surface area contributed by atoms with Crippen molar-refractivity contribution in [2.45, 2.75) is 129 Å². The van der Waals surface area contributed by atoms with Gasteiger partial charge in [0.05, 0.1) is 48.7 Å². The number of benzene rings is 2. The summed E-state index contributed by atoms with van der Waals surface area (Å²) >= 11 is 1.51. The van der Waals surface area contributed by atoms with Gasteiger partial charge in [-0.25, -0.2) is 4.98 Å². The summed E-state index contributed by atoms with van der Waals surface area (Å²) in [5.74, 6) is -1.46. The van der Waals surface area contributed by atoms with E-state index in [1.807, 2.05) is 107 Å². The van der Waals surface area contributed by atoms with Crippen LogP contribution in [0.2, 0.25) is 0 Å². The quantitative estimate of drug-likeness (QED) is 0.103. The lowest BCUT2D eigenvalue weighted by Crippen LogP contribution is -2.60. The predicted octanol–water partition coefficient (Wildman–Crippen LogP) is 6.60. The molecule has 0 bridgehead atoms. The van der Waals surface area contributed by atoms with Crippen LogP contribution in [0.1, 0.15) is 96.3 Å². The van der Waals surface area contributed by atoms with Crippen molar-refractivity contribution in [1.29, 1.82) is 0 Å². The Labute approximate surface area is 375 Å². The molecule has 2 heterocycles. The maximum atomic E-state index is 14.6. The topological polar surface area (TPSA) is 133 Å². The van der Waals surface area contributed by atoms with E-state index in [-0.39, 0.29) is 59.9 Å². The number of hydrogen-bond donors (Lipinski definition) is 2. The van der Waals surface area contributed by atoms with Crippen LogP contribution in [0.25, 0.3) is 0 Å². The van der Waals surface area contributed by atoms with Crippen molar-refractivity contribution in [3.05, 3.63) is 88.4 Å². The zero-order valence-corrected chi connectivity index (χ0v) is 39.8. The minimum Gasteiger partial charge on any atom is -0.379 e. The molecule has 62 heavy (non-hydrogen) atoms. The normalized spacial score (nSPS) is 18.2. The lowest BCUT2D eigenvalue weighted by molar-refractivity contribution is -0.148. The van der Waals surface area contributed by atoms with Crippen LogP contribution in [-0.2, 0) is 41.5 Å². The molecule has 2 aromatic carbocycles. The number of thiazole rings is 1. The number of amides is 4. The van der Waals surface area contributed by atoms with Crippen LogP contribution in [0.4, 0.5) is 0 Å². The van der Waals surface area contributed by atoms with E-state index in [4.69, 9.17) is 9.47 Å². The molecule has 1 aliphatic heterocycles. The minimum atomic E-state index is -0.785. The van der Waals surface area contributed by atoms with Crippen LogP contribution in [0.3, 0.4) is 0 Å². The molecule has 3 aromatic rings. The Morgan fingerprint density at radius 1 is 0.919 bits per heavy atom. The van der Waals surface area contributed by atoms with E-state index in [0.717, 1.165) is 29.8 Å². The van der Waals surface area contributed by atoms with Crippen molar-refractivity contribution in [2.75, 3.05) is 41.4 Å². The lowest BCUT2D eigenvalue weighted by atomic mass is 9.89. The van der Waals surface area contributed by atoms with Gasteiger partial charge in [0, 0.05) is 45.9 Å². The number of methoxy groups -OCH3 is 2. The summed E-state index contributed by atoms with van der Waals surface area (Å²) in [6.07, 6.45) is 4.21. The number of aromatic nitrogens is 1. The van der Waals surface area contributed by atoms with E-state index in [0.29, 0.717) is 25.9 Å². The Balaban J connectivity index is 1.47. The van der Waals surface area contributed by atoms with Crippen LogP contribution in [0.15, 0.2) is 66.2 Å². The summed E-state index contributed by atoms with van der Waals surface area (Å²) in [6.45, 7) is 15.1. The molecule has 1 aliphatic rings. The van der Waals surface area contributed by atoms with Crippen molar-refractivity contribution in [3.8, 4) is 0 Å². The van der Waals surface area contributed by atoms with E-state index in [9.17, 15) is 19.2 Å². The van der Waals surface area contributed by atoms with E-state index in [1.54, 1.807) is 32.4 Å². The SMILES string of the molecule is CC[C@H](C)[C@@H]([C@@H](CC(=O)N1CCC[C@H]1[C@H](OC)[C@@H](C)C(=O)N[C@@H](Cc1ccccc1)c1nccs1)OC)N(C)C(=O)[C@@H](NC(=O)[C@H](C(C)C)N(C)CCc1cc[c]cc1)C(C)C. The number of likely N-dealkylation sites (tertiary alicyclic amines) is 1. The van der Waals surface area contributed by atoms with E-state index >= 15 is 0 Å². The molecule has 0 saturated carbocycles. The molecule has 12 nitrogen and oxygen atoms in total. The standard InChI is InChI=1S/C49H73N6O6S/c1-12-34(6)44(54(9)49(59)42(32(2)3)52-47(58)43(33(4)5)53(8)28-25-36-20-15-13-16-21-36)40(60-10)31-41(56)55-27-19-24-39(55)45(61-11)35(7)46(57)51-38(48-50-26-29-62-48)30-37-22-17-14-18-23-37/h14-18,20-23,26,29,32-35,38-40,42-45H,12,19,24-25,27-28,30-31H2,1-11H3,(H,51,57)(H,52,58)/t34-,35+,38-,39-,40+,42-,43-,44-,45+/m0/s1. The molecule has 1 fully saturated rings. The van der Waals surface area contributed by atoms with Gasteiger partial charge in [-0.1, -0.05) is 109 Å². The summed E-state index contributed by atoms with van der Waals surface area (Å²) in [7, 11) is 6.91. The summed E-state index contributed by atoms with van der Waals surface area (Å²) < 4.78 is 12.2. The zero-order valence-electron chi connectivity index (χ0n) is 39.0. The highest BCUT2D eigenvalue weighted by Crippen LogP contribution is 2.31. The Bertz CT molecular complexity index is 1810. The highest BCUT2D eigenvalue weighted by Gasteiger charge is 2.43. The number of carbonyl (C=O) groups excluding carboxylic acids is 4. The smallest absolute Gasteiger partial charge is 0.245 e. The van der Waals surface area contributed by atoms with Crippen molar-refractivity contribution >= 4 is 35.0 Å². The molecule has 1 radical (unpaired) electrons. The zero-order chi connectivity index (χ0) is 45.5. The number of likely N-dealkylation sites (N-methyl/N-ethyl adjacent to an activating group) is 2.